The Morgan fingerprint density at radius 2 is 1.16 bits per heavy atom. The molecule has 1 aromatic heterocycles. The third-order valence-corrected chi connectivity index (χ3v) is 6.19. The van der Waals surface area contributed by atoms with Crippen molar-refractivity contribution in [2.75, 3.05) is 36.0 Å². The van der Waals surface area contributed by atoms with Crippen molar-refractivity contribution in [1.82, 2.24) is 20.6 Å². The molecule has 0 aromatic carbocycles. The zero-order chi connectivity index (χ0) is 22.5. The molecule has 2 N–H and O–H groups in total. The molecule has 0 unspecified atom stereocenters. The summed E-state index contributed by atoms with van der Waals surface area (Å²) in [7, 11) is 0. The van der Waals surface area contributed by atoms with Gasteiger partial charge in [-0.25, -0.2) is 9.97 Å². The number of carbonyl (C=O) groups is 2. The van der Waals surface area contributed by atoms with Crippen molar-refractivity contribution >= 4 is 23.5 Å². The number of aromatic nitrogens is 2. The minimum atomic E-state index is 0.0212. The topological polar surface area (TPSA) is 90.5 Å². The van der Waals surface area contributed by atoms with Gasteiger partial charge in [0.1, 0.15) is 17.5 Å². The number of hydrogen-bond acceptors (Lipinski definition) is 6. The third kappa shape index (κ3) is 6.31. The van der Waals surface area contributed by atoms with E-state index in [0.29, 0.717) is 0 Å². The van der Waals surface area contributed by atoms with Crippen LogP contribution in [-0.4, -0.2) is 60.0 Å². The highest BCUT2D eigenvalue weighted by Gasteiger charge is 2.25. The predicted octanol–water partition coefficient (Wildman–Crippen LogP) is 2.27. The molecular weight excluding hydrogens is 392 g/mol. The number of nitrogens with one attached hydrogen (secondary N) is 2. The Morgan fingerprint density at radius 3 is 1.48 bits per heavy atom. The number of hydrogen-bond donors (Lipinski definition) is 2. The minimum absolute atomic E-state index is 0.0212. The molecule has 172 valence electrons. The van der Waals surface area contributed by atoms with E-state index in [0.717, 1.165) is 69.3 Å². The molecule has 0 atom stereocenters. The van der Waals surface area contributed by atoms with Crippen LogP contribution < -0.4 is 20.4 Å². The highest BCUT2D eigenvalue weighted by Crippen LogP contribution is 2.25. The van der Waals surface area contributed by atoms with Gasteiger partial charge in [-0.05, 0) is 32.6 Å². The summed E-state index contributed by atoms with van der Waals surface area (Å²) in [5.41, 5.74) is 0. The maximum Gasteiger partial charge on any atom is 0.222 e. The van der Waals surface area contributed by atoms with Crippen molar-refractivity contribution < 1.29 is 9.59 Å². The van der Waals surface area contributed by atoms with Crippen LogP contribution in [0.15, 0.2) is 6.07 Å². The maximum atomic E-state index is 12.0. The van der Waals surface area contributed by atoms with Crippen molar-refractivity contribution in [1.29, 1.82) is 0 Å². The Kier molecular flexibility index (Phi) is 7.73. The van der Waals surface area contributed by atoms with E-state index in [1.54, 1.807) is 0 Å². The Morgan fingerprint density at radius 1 is 0.806 bits per heavy atom. The standard InChI is InChI=1S/C23H38N6O2/c1-15(2)22(30)26-18-6-10-28(11-7-18)20-14-21(25-17(5)24-20)29-12-8-19(9-13-29)27-23(31)16(3)4/h14-16,18-19H,6-13H2,1-5H3,(H,26,30)(H,27,31). The number of piperidine rings is 2. The fourth-order valence-electron chi connectivity index (χ4n) is 4.10. The van der Waals surface area contributed by atoms with E-state index in [4.69, 9.17) is 0 Å². The quantitative estimate of drug-likeness (QED) is 0.720. The molecule has 0 spiro atoms. The van der Waals surface area contributed by atoms with E-state index in [9.17, 15) is 9.59 Å². The van der Waals surface area contributed by atoms with Crippen molar-refractivity contribution in [2.45, 2.75) is 72.4 Å². The molecule has 2 fully saturated rings. The van der Waals surface area contributed by atoms with Gasteiger partial charge in [0.05, 0.1) is 0 Å². The van der Waals surface area contributed by atoms with Crippen LogP contribution in [0.2, 0.25) is 0 Å². The second-order valence-electron chi connectivity index (χ2n) is 9.48. The normalized spacial score (nSPS) is 18.5. The van der Waals surface area contributed by atoms with Crippen molar-refractivity contribution in [3.8, 4) is 0 Å². The molecule has 0 bridgehead atoms. The number of amides is 2. The molecule has 3 rings (SSSR count). The second-order valence-corrected chi connectivity index (χ2v) is 9.48. The summed E-state index contributed by atoms with van der Waals surface area (Å²) in [6, 6.07) is 2.58. The summed E-state index contributed by atoms with van der Waals surface area (Å²) in [5, 5.41) is 6.31. The van der Waals surface area contributed by atoms with Crippen LogP contribution in [0.3, 0.4) is 0 Å². The molecular formula is C23H38N6O2. The lowest BCUT2D eigenvalue weighted by molar-refractivity contribution is -0.125. The molecule has 2 saturated heterocycles. The van der Waals surface area contributed by atoms with Crippen molar-refractivity contribution in [3.05, 3.63) is 11.9 Å². The van der Waals surface area contributed by atoms with Crippen molar-refractivity contribution in [3.63, 3.8) is 0 Å². The smallest absolute Gasteiger partial charge is 0.222 e. The zero-order valence-corrected chi connectivity index (χ0v) is 19.6. The van der Waals surface area contributed by atoms with E-state index in [-0.39, 0.29) is 35.7 Å². The first kappa shape index (κ1) is 23.3. The van der Waals surface area contributed by atoms with Crippen LogP contribution in [-0.2, 0) is 9.59 Å². The lowest BCUT2D eigenvalue weighted by Gasteiger charge is -2.36. The van der Waals surface area contributed by atoms with Crippen LogP contribution in [0, 0.1) is 18.8 Å². The van der Waals surface area contributed by atoms with Gasteiger partial charge >= 0.3 is 0 Å². The summed E-state index contributed by atoms with van der Waals surface area (Å²) in [6.45, 7) is 13.2. The average Bonchev–Trinajstić information content (AvgIpc) is 2.74. The van der Waals surface area contributed by atoms with E-state index in [2.05, 4.69) is 36.5 Å². The molecule has 0 radical (unpaired) electrons. The van der Waals surface area contributed by atoms with Crippen LogP contribution in [0.4, 0.5) is 11.6 Å². The van der Waals surface area contributed by atoms with Gasteiger partial charge in [0.2, 0.25) is 11.8 Å². The molecule has 8 heteroatoms. The highest BCUT2D eigenvalue weighted by atomic mass is 16.2. The van der Waals surface area contributed by atoms with Crippen molar-refractivity contribution in [2.24, 2.45) is 11.8 Å². The van der Waals surface area contributed by atoms with E-state index < -0.39 is 0 Å². The van der Waals surface area contributed by atoms with E-state index in [1.807, 2.05) is 34.6 Å². The molecule has 0 aliphatic carbocycles. The van der Waals surface area contributed by atoms with E-state index >= 15 is 0 Å². The van der Waals surface area contributed by atoms with Gasteiger partial charge in [0, 0.05) is 56.2 Å². The Balaban J connectivity index is 1.57. The molecule has 1 aromatic rings. The Labute approximate surface area is 186 Å². The fourth-order valence-corrected chi connectivity index (χ4v) is 4.10. The van der Waals surface area contributed by atoms with Gasteiger partial charge in [0.25, 0.3) is 0 Å². The SMILES string of the molecule is Cc1nc(N2CCC(NC(=O)C(C)C)CC2)cc(N2CCC(NC(=O)C(C)C)CC2)n1. The number of anilines is 2. The second kappa shape index (κ2) is 10.3. The average molecular weight is 431 g/mol. The van der Waals surface area contributed by atoms with Gasteiger partial charge in [-0.15, -0.1) is 0 Å². The third-order valence-electron chi connectivity index (χ3n) is 6.19. The fraction of sp³-hybridized carbons (Fsp3) is 0.739. The molecule has 3 heterocycles. The van der Waals surface area contributed by atoms with Crippen LogP contribution in [0.25, 0.3) is 0 Å². The highest BCUT2D eigenvalue weighted by molar-refractivity contribution is 5.78. The molecule has 2 aliphatic rings. The van der Waals surface area contributed by atoms with Gasteiger partial charge in [0.15, 0.2) is 0 Å². The first-order chi connectivity index (χ1) is 14.7. The monoisotopic (exact) mass is 430 g/mol. The summed E-state index contributed by atoms with van der Waals surface area (Å²) in [6.07, 6.45) is 3.71. The molecule has 8 nitrogen and oxygen atoms in total. The summed E-state index contributed by atoms with van der Waals surface area (Å²) in [4.78, 5) is 37.9. The lowest BCUT2D eigenvalue weighted by atomic mass is 10.0. The van der Waals surface area contributed by atoms with Gasteiger partial charge < -0.3 is 20.4 Å². The minimum Gasteiger partial charge on any atom is -0.356 e. The van der Waals surface area contributed by atoms with Crippen LogP contribution in [0.1, 0.15) is 59.2 Å². The van der Waals surface area contributed by atoms with Crippen LogP contribution in [0.5, 0.6) is 0 Å². The summed E-state index contributed by atoms with van der Waals surface area (Å²) in [5.74, 6) is 3.01. The predicted molar refractivity (Wildman–Crippen MR) is 123 cm³/mol. The largest absolute Gasteiger partial charge is 0.356 e. The zero-order valence-electron chi connectivity index (χ0n) is 19.6. The lowest BCUT2D eigenvalue weighted by Crippen LogP contribution is -2.46. The molecule has 31 heavy (non-hydrogen) atoms. The molecule has 0 saturated carbocycles. The van der Waals surface area contributed by atoms with Gasteiger partial charge in [-0.1, -0.05) is 27.7 Å². The van der Waals surface area contributed by atoms with E-state index in [1.165, 1.54) is 0 Å². The number of aryl methyl sites for hydroxylation is 1. The molecule has 2 aliphatic heterocycles. The number of carbonyl (C=O) groups excluding carboxylic acids is 2. The summed E-state index contributed by atoms with van der Waals surface area (Å²) >= 11 is 0. The van der Waals surface area contributed by atoms with Gasteiger partial charge in [-0.3, -0.25) is 9.59 Å². The number of nitrogens with zero attached hydrogens (tertiary/aromatic N) is 4. The number of rotatable bonds is 6. The Hall–Kier alpha value is -2.38. The first-order valence-electron chi connectivity index (χ1n) is 11.7. The summed E-state index contributed by atoms with van der Waals surface area (Å²) < 4.78 is 0. The first-order valence-corrected chi connectivity index (χ1v) is 11.7. The molecule has 2 amide bonds. The van der Waals surface area contributed by atoms with Gasteiger partial charge in [-0.2, -0.15) is 0 Å². The maximum absolute atomic E-state index is 12.0. The van der Waals surface area contributed by atoms with Crippen LogP contribution >= 0.6 is 0 Å². The Bertz CT molecular complexity index is 705.